The summed E-state index contributed by atoms with van der Waals surface area (Å²) in [5.74, 6) is 1.57. The summed E-state index contributed by atoms with van der Waals surface area (Å²) in [7, 11) is 0. The number of hydrogen-bond donors (Lipinski definition) is 1. The third-order valence-electron chi connectivity index (χ3n) is 4.18. The lowest BCUT2D eigenvalue weighted by molar-refractivity contribution is 0.326. The lowest BCUT2D eigenvalue weighted by Crippen LogP contribution is -2.25. The maximum absolute atomic E-state index is 5.49. The number of rotatable bonds is 2. The standard InChI is InChI=1S/C14H24N4O/c1-2-7-11-18(10-6-1)14-16-13(19-17-14)12-8-4-3-5-9-15-12/h12,15H,1-11H2. The van der Waals surface area contributed by atoms with Crippen LogP contribution >= 0.6 is 0 Å². The van der Waals surface area contributed by atoms with Gasteiger partial charge in [0.2, 0.25) is 5.89 Å². The maximum Gasteiger partial charge on any atom is 0.266 e. The molecule has 5 nitrogen and oxygen atoms in total. The van der Waals surface area contributed by atoms with Gasteiger partial charge in [0.15, 0.2) is 0 Å². The van der Waals surface area contributed by atoms with Gasteiger partial charge in [-0.05, 0) is 37.4 Å². The molecule has 1 atom stereocenters. The average molecular weight is 264 g/mol. The minimum Gasteiger partial charge on any atom is -0.338 e. The van der Waals surface area contributed by atoms with E-state index in [0.717, 1.165) is 37.9 Å². The second-order valence-electron chi connectivity index (χ2n) is 5.69. The van der Waals surface area contributed by atoms with E-state index < -0.39 is 0 Å². The summed E-state index contributed by atoms with van der Waals surface area (Å²) in [6.45, 7) is 3.19. The van der Waals surface area contributed by atoms with Gasteiger partial charge in [-0.1, -0.05) is 25.7 Å². The van der Waals surface area contributed by atoms with Gasteiger partial charge in [-0.15, -0.1) is 0 Å². The van der Waals surface area contributed by atoms with E-state index in [1.165, 1.54) is 44.9 Å². The lowest BCUT2D eigenvalue weighted by atomic mass is 10.1. The van der Waals surface area contributed by atoms with E-state index in [4.69, 9.17) is 4.52 Å². The van der Waals surface area contributed by atoms with Crippen LogP contribution in [0.25, 0.3) is 0 Å². The van der Waals surface area contributed by atoms with E-state index in [1.54, 1.807) is 0 Å². The summed E-state index contributed by atoms with van der Waals surface area (Å²) in [6.07, 6.45) is 10.1. The summed E-state index contributed by atoms with van der Waals surface area (Å²) >= 11 is 0. The normalized spacial score (nSPS) is 25.9. The molecule has 0 aliphatic carbocycles. The smallest absolute Gasteiger partial charge is 0.266 e. The predicted octanol–water partition coefficient (Wildman–Crippen LogP) is 2.65. The molecule has 3 rings (SSSR count). The second kappa shape index (κ2) is 6.37. The summed E-state index contributed by atoms with van der Waals surface area (Å²) < 4.78 is 5.49. The summed E-state index contributed by atoms with van der Waals surface area (Å²) in [6, 6.07) is 0.260. The Morgan fingerprint density at radius 2 is 1.79 bits per heavy atom. The molecule has 3 heterocycles. The molecule has 0 saturated carbocycles. The highest BCUT2D eigenvalue weighted by atomic mass is 16.5. The fraction of sp³-hybridized carbons (Fsp3) is 0.857. The van der Waals surface area contributed by atoms with Crippen LogP contribution in [0.3, 0.4) is 0 Å². The van der Waals surface area contributed by atoms with Gasteiger partial charge < -0.3 is 14.7 Å². The van der Waals surface area contributed by atoms with E-state index in [9.17, 15) is 0 Å². The molecule has 0 bridgehead atoms. The molecule has 1 aromatic rings. The zero-order chi connectivity index (χ0) is 12.9. The monoisotopic (exact) mass is 264 g/mol. The molecule has 2 saturated heterocycles. The molecule has 19 heavy (non-hydrogen) atoms. The quantitative estimate of drug-likeness (QED) is 0.890. The first-order valence-electron chi connectivity index (χ1n) is 7.75. The molecule has 0 aromatic carbocycles. The topological polar surface area (TPSA) is 54.2 Å². The minimum absolute atomic E-state index is 0.260. The van der Waals surface area contributed by atoms with Gasteiger partial charge in [-0.2, -0.15) is 4.98 Å². The van der Waals surface area contributed by atoms with Crippen LogP contribution < -0.4 is 10.2 Å². The van der Waals surface area contributed by atoms with Crippen molar-refractivity contribution < 1.29 is 4.52 Å². The third kappa shape index (κ3) is 3.26. The number of anilines is 1. The average Bonchev–Trinajstić information content (AvgIpc) is 2.67. The highest BCUT2D eigenvalue weighted by Crippen LogP contribution is 2.24. The van der Waals surface area contributed by atoms with E-state index in [1.807, 2.05) is 0 Å². The lowest BCUT2D eigenvalue weighted by Gasteiger charge is -2.16. The van der Waals surface area contributed by atoms with Crippen molar-refractivity contribution in [2.24, 2.45) is 0 Å². The SMILES string of the molecule is C1CCNC(c2nc(N3CCCCCC3)no2)CC1. The first kappa shape index (κ1) is 12.9. The Balaban J connectivity index is 1.67. The van der Waals surface area contributed by atoms with Crippen molar-refractivity contribution in [2.45, 2.75) is 57.4 Å². The van der Waals surface area contributed by atoms with Crippen LogP contribution in [-0.4, -0.2) is 29.8 Å². The van der Waals surface area contributed by atoms with Crippen LogP contribution in [0, 0.1) is 0 Å². The molecule has 2 aliphatic heterocycles. The summed E-state index contributed by atoms with van der Waals surface area (Å²) in [5.41, 5.74) is 0. The Hall–Kier alpha value is -1.10. The summed E-state index contributed by atoms with van der Waals surface area (Å²) in [5, 5.41) is 7.70. The van der Waals surface area contributed by atoms with Crippen LogP contribution in [0.1, 0.15) is 63.3 Å². The molecule has 0 radical (unpaired) electrons. The van der Waals surface area contributed by atoms with Crippen LogP contribution in [0.5, 0.6) is 0 Å². The van der Waals surface area contributed by atoms with E-state index in [0.29, 0.717) is 0 Å². The molecule has 1 unspecified atom stereocenters. The van der Waals surface area contributed by atoms with Crippen molar-refractivity contribution in [3.8, 4) is 0 Å². The van der Waals surface area contributed by atoms with Crippen molar-refractivity contribution >= 4 is 5.95 Å². The maximum atomic E-state index is 5.49. The number of nitrogens with one attached hydrogen (secondary N) is 1. The van der Waals surface area contributed by atoms with Gasteiger partial charge in [-0.3, -0.25) is 0 Å². The molecule has 106 valence electrons. The zero-order valence-corrected chi connectivity index (χ0v) is 11.6. The first-order valence-corrected chi connectivity index (χ1v) is 7.75. The predicted molar refractivity (Wildman–Crippen MR) is 74.2 cm³/mol. The molecule has 1 aromatic heterocycles. The van der Waals surface area contributed by atoms with Crippen molar-refractivity contribution in [2.75, 3.05) is 24.5 Å². The number of nitrogens with zero attached hydrogens (tertiary/aromatic N) is 3. The first-order chi connectivity index (χ1) is 9.43. The highest BCUT2D eigenvalue weighted by molar-refractivity contribution is 5.28. The van der Waals surface area contributed by atoms with E-state index in [2.05, 4.69) is 20.4 Å². The van der Waals surface area contributed by atoms with Gasteiger partial charge in [-0.25, -0.2) is 0 Å². The molecule has 2 fully saturated rings. The molecule has 0 spiro atoms. The Morgan fingerprint density at radius 3 is 2.63 bits per heavy atom. The fourth-order valence-corrected chi connectivity index (χ4v) is 3.01. The van der Waals surface area contributed by atoms with Gasteiger partial charge in [0.25, 0.3) is 5.95 Å². The van der Waals surface area contributed by atoms with E-state index in [-0.39, 0.29) is 6.04 Å². The van der Waals surface area contributed by atoms with Crippen molar-refractivity contribution in [3.63, 3.8) is 0 Å². The highest BCUT2D eigenvalue weighted by Gasteiger charge is 2.22. The van der Waals surface area contributed by atoms with Gasteiger partial charge in [0, 0.05) is 13.1 Å². The van der Waals surface area contributed by atoms with Crippen molar-refractivity contribution in [1.29, 1.82) is 0 Å². The Bertz CT molecular complexity index is 342. The number of hydrogen-bond acceptors (Lipinski definition) is 5. The number of aromatic nitrogens is 2. The van der Waals surface area contributed by atoms with Crippen molar-refractivity contribution in [1.82, 2.24) is 15.5 Å². The molecule has 0 amide bonds. The van der Waals surface area contributed by atoms with Crippen molar-refractivity contribution in [3.05, 3.63) is 5.89 Å². The largest absolute Gasteiger partial charge is 0.338 e. The molecule has 5 heteroatoms. The second-order valence-corrected chi connectivity index (χ2v) is 5.69. The molecular weight excluding hydrogens is 240 g/mol. The molecular formula is C14H24N4O. The van der Waals surface area contributed by atoms with Gasteiger partial charge in [0.05, 0.1) is 6.04 Å². The summed E-state index contributed by atoms with van der Waals surface area (Å²) in [4.78, 5) is 6.90. The fourth-order valence-electron chi connectivity index (χ4n) is 3.01. The van der Waals surface area contributed by atoms with Crippen LogP contribution in [-0.2, 0) is 0 Å². The Morgan fingerprint density at radius 1 is 1.00 bits per heavy atom. The van der Waals surface area contributed by atoms with Crippen LogP contribution in [0.15, 0.2) is 4.52 Å². The van der Waals surface area contributed by atoms with Crippen LogP contribution in [0.2, 0.25) is 0 Å². The van der Waals surface area contributed by atoms with Gasteiger partial charge in [0.1, 0.15) is 0 Å². The molecule has 1 N–H and O–H groups in total. The van der Waals surface area contributed by atoms with E-state index >= 15 is 0 Å². The van der Waals surface area contributed by atoms with Gasteiger partial charge >= 0.3 is 0 Å². The molecule has 2 aliphatic rings. The minimum atomic E-state index is 0.260. The zero-order valence-electron chi connectivity index (χ0n) is 11.6. The van der Waals surface area contributed by atoms with Crippen LogP contribution in [0.4, 0.5) is 5.95 Å². The third-order valence-corrected chi connectivity index (χ3v) is 4.18. The Kier molecular flexibility index (Phi) is 4.33. The Labute approximate surface area is 114 Å².